The lowest BCUT2D eigenvalue weighted by Gasteiger charge is -2.47. The van der Waals surface area contributed by atoms with Crippen LogP contribution in [0.3, 0.4) is 0 Å². The van der Waals surface area contributed by atoms with Crippen LogP contribution in [-0.4, -0.2) is 40.9 Å². The Bertz CT molecular complexity index is 621. The number of halogens is 1. The second-order valence-electron chi connectivity index (χ2n) is 5.51. The summed E-state index contributed by atoms with van der Waals surface area (Å²) < 4.78 is 51.4. The Morgan fingerprint density at radius 3 is 3.00 bits per heavy atom. The first-order valence-electron chi connectivity index (χ1n) is 6.91. The van der Waals surface area contributed by atoms with E-state index in [1.807, 2.05) is 0 Å². The minimum atomic E-state index is -3.73. The summed E-state index contributed by atoms with van der Waals surface area (Å²) in [6, 6.07) is 4.80. The molecule has 1 aromatic rings. The highest BCUT2D eigenvalue weighted by Crippen LogP contribution is 2.44. The van der Waals surface area contributed by atoms with E-state index in [2.05, 4.69) is 4.72 Å². The van der Waals surface area contributed by atoms with Crippen molar-refractivity contribution in [2.45, 2.75) is 23.5 Å². The van der Waals surface area contributed by atoms with Crippen molar-refractivity contribution in [3.63, 3.8) is 0 Å². The van der Waals surface area contributed by atoms with Crippen molar-refractivity contribution in [3.05, 3.63) is 30.1 Å². The van der Waals surface area contributed by atoms with Crippen molar-refractivity contribution in [2.75, 3.05) is 20.3 Å². The molecule has 1 saturated carbocycles. The topological polar surface area (TPSA) is 64.6 Å². The molecule has 1 N–H and O–H groups in total. The third kappa shape index (κ3) is 2.70. The lowest BCUT2D eigenvalue weighted by molar-refractivity contribution is -0.0775. The fraction of sp³-hybridized carbons (Fsp3) is 0.571. The third-order valence-electron chi connectivity index (χ3n) is 4.28. The predicted molar refractivity (Wildman–Crippen MR) is 73.7 cm³/mol. The molecule has 0 aromatic heterocycles. The smallest absolute Gasteiger partial charge is 0.240 e. The van der Waals surface area contributed by atoms with Crippen molar-refractivity contribution in [3.8, 4) is 0 Å². The number of nitrogens with one attached hydrogen (secondary N) is 1. The van der Waals surface area contributed by atoms with Gasteiger partial charge in [0.05, 0.1) is 17.6 Å². The normalized spacial score (nSPS) is 31.7. The van der Waals surface area contributed by atoms with Gasteiger partial charge in [-0.05, 0) is 24.6 Å². The lowest BCUT2D eigenvalue weighted by Crippen LogP contribution is -2.62. The Hall–Kier alpha value is -1.02. The Morgan fingerprint density at radius 1 is 1.48 bits per heavy atom. The van der Waals surface area contributed by atoms with Crippen LogP contribution in [0.5, 0.6) is 0 Å². The maximum absolute atomic E-state index is 13.2. The van der Waals surface area contributed by atoms with E-state index in [9.17, 15) is 12.8 Å². The Labute approximate surface area is 123 Å². The van der Waals surface area contributed by atoms with E-state index in [0.717, 1.165) is 12.5 Å². The lowest BCUT2D eigenvalue weighted by atomic mass is 9.68. The van der Waals surface area contributed by atoms with E-state index >= 15 is 0 Å². The van der Waals surface area contributed by atoms with E-state index in [-0.39, 0.29) is 28.9 Å². The van der Waals surface area contributed by atoms with E-state index in [4.69, 9.17) is 9.47 Å². The molecule has 21 heavy (non-hydrogen) atoms. The second-order valence-corrected chi connectivity index (χ2v) is 7.23. The number of sulfonamides is 1. The Balaban J connectivity index is 1.78. The number of benzene rings is 1. The standard InChI is InChI=1S/C14H18FNO4S/c1-19-8-12-13(11-5-6-20-14(11)12)16-21(17,18)10-4-2-3-9(15)7-10/h2-4,7,11-14,16H,5-6,8H2,1H3/t11-,12+,13+,14-/m0/s1. The van der Waals surface area contributed by atoms with Gasteiger partial charge >= 0.3 is 0 Å². The highest BCUT2D eigenvalue weighted by Gasteiger charge is 2.54. The molecule has 0 spiro atoms. The van der Waals surface area contributed by atoms with Gasteiger partial charge in [-0.3, -0.25) is 0 Å². The number of fused-ring (bicyclic) bond motifs is 1. The van der Waals surface area contributed by atoms with Crippen molar-refractivity contribution < 1.29 is 22.3 Å². The molecule has 0 amide bonds. The highest BCUT2D eigenvalue weighted by molar-refractivity contribution is 7.89. The molecular formula is C14H18FNO4S. The molecule has 0 bridgehead atoms. The van der Waals surface area contributed by atoms with Crippen molar-refractivity contribution in [2.24, 2.45) is 11.8 Å². The third-order valence-corrected chi connectivity index (χ3v) is 5.74. The van der Waals surface area contributed by atoms with E-state index < -0.39 is 15.8 Å². The van der Waals surface area contributed by atoms with Gasteiger partial charge in [0.2, 0.25) is 10.0 Å². The molecule has 0 radical (unpaired) electrons. The van der Waals surface area contributed by atoms with Gasteiger partial charge in [0, 0.05) is 31.6 Å². The van der Waals surface area contributed by atoms with Crippen LogP contribution < -0.4 is 4.72 Å². The second kappa shape index (κ2) is 5.64. The number of methoxy groups -OCH3 is 1. The van der Waals surface area contributed by atoms with Gasteiger partial charge in [0.1, 0.15) is 5.82 Å². The van der Waals surface area contributed by atoms with Crippen LogP contribution in [0.15, 0.2) is 29.2 Å². The van der Waals surface area contributed by atoms with Gasteiger partial charge in [-0.2, -0.15) is 0 Å². The summed E-state index contributed by atoms with van der Waals surface area (Å²) in [6.07, 6.45) is 0.895. The number of hydrogen-bond donors (Lipinski definition) is 1. The zero-order chi connectivity index (χ0) is 15.0. The molecule has 1 aliphatic carbocycles. The fourth-order valence-electron chi connectivity index (χ4n) is 3.28. The molecule has 4 atom stereocenters. The van der Waals surface area contributed by atoms with Gasteiger partial charge in [0.25, 0.3) is 0 Å². The van der Waals surface area contributed by atoms with Crippen LogP contribution in [0.2, 0.25) is 0 Å². The fourth-order valence-corrected chi connectivity index (χ4v) is 4.65. The summed E-state index contributed by atoms with van der Waals surface area (Å²) in [5, 5.41) is 0. The summed E-state index contributed by atoms with van der Waals surface area (Å²) in [5.74, 6) is -0.388. The molecule has 2 aliphatic rings. The zero-order valence-electron chi connectivity index (χ0n) is 11.7. The maximum Gasteiger partial charge on any atom is 0.240 e. The average Bonchev–Trinajstić information content (AvgIpc) is 2.87. The summed E-state index contributed by atoms with van der Waals surface area (Å²) in [6.45, 7) is 1.09. The first kappa shape index (κ1) is 14.9. The van der Waals surface area contributed by atoms with Crippen molar-refractivity contribution in [1.29, 1.82) is 0 Å². The molecule has 5 nitrogen and oxygen atoms in total. The Kier molecular flexibility index (Phi) is 4.00. The highest BCUT2D eigenvalue weighted by atomic mass is 32.2. The van der Waals surface area contributed by atoms with Gasteiger partial charge < -0.3 is 9.47 Å². The SMILES string of the molecule is COC[C@@H]1[C@H](NS(=O)(=O)c2cccc(F)c2)[C@@H]2CCO[C@H]12. The van der Waals surface area contributed by atoms with Crippen LogP contribution in [0.1, 0.15) is 6.42 Å². The molecule has 0 unspecified atom stereocenters. The zero-order valence-corrected chi connectivity index (χ0v) is 12.5. The number of rotatable bonds is 5. The number of ether oxygens (including phenoxy) is 2. The van der Waals surface area contributed by atoms with E-state index in [1.165, 1.54) is 18.2 Å². The molecule has 1 aliphatic heterocycles. The molecular weight excluding hydrogens is 297 g/mol. The van der Waals surface area contributed by atoms with Crippen LogP contribution in [-0.2, 0) is 19.5 Å². The van der Waals surface area contributed by atoms with Gasteiger partial charge in [0.15, 0.2) is 0 Å². The van der Waals surface area contributed by atoms with Crippen LogP contribution in [0.25, 0.3) is 0 Å². The van der Waals surface area contributed by atoms with Gasteiger partial charge in [-0.1, -0.05) is 6.07 Å². The van der Waals surface area contributed by atoms with Gasteiger partial charge in [-0.25, -0.2) is 17.5 Å². The molecule has 1 saturated heterocycles. The average molecular weight is 315 g/mol. The van der Waals surface area contributed by atoms with Crippen LogP contribution >= 0.6 is 0 Å². The Morgan fingerprint density at radius 2 is 2.29 bits per heavy atom. The largest absolute Gasteiger partial charge is 0.384 e. The molecule has 3 rings (SSSR count). The predicted octanol–water partition coefficient (Wildman–Crippen LogP) is 1.15. The van der Waals surface area contributed by atoms with Gasteiger partial charge in [-0.15, -0.1) is 0 Å². The summed E-state index contributed by atoms with van der Waals surface area (Å²) in [7, 11) is -2.15. The van der Waals surface area contributed by atoms with E-state index in [0.29, 0.717) is 13.2 Å². The van der Waals surface area contributed by atoms with Crippen molar-refractivity contribution in [1.82, 2.24) is 4.72 Å². The monoisotopic (exact) mass is 315 g/mol. The molecule has 116 valence electrons. The van der Waals surface area contributed by atoms with Crippen LogP contribution in [0, 0.1) is 17.7 Å². The molecule has 7 heteroatoms. The summed E-state index contributed by atoms with van der Waals surface area (Å²) in [4.78, 5) is -0.0546. The molecule has 1 aromatic carbocycles. The molecule has 2 fully saturated rings. The summed E-state index contributed by atoms with van der Waals surface area (Å²) >= 11 is 0. The first-order valence-corrected chi connectivity index (χ1v) is 8.39. The maximum atomic E-state index is 13.2. The minimum absolute atomic E-state index is 0.00540. The van der Waals surface area contributed by atoms with Crippen molar-refractivity contribution >= 4 is 10.0 Å². The van der Waals surface area contributed by atoms with Crippen LogP contribution in [0.4, 0.5) is 4.39 Å². The number of hydrogen-bond acceptors (Lipinski definition) is 4. The minimum Gasteiger partial charge on any atom is -0.384 e. The van der Waals surface area contributed by atoms with E-state index in [1.54, 1.807) is 7.11 Å². The molecule has 1 heterocycles. The quantitative estimate of drug-likeness (QED) is 0.885. The summed E-state index contributed by atoms with van der Waals surface area (Å²) in [5.41, 5.74) is 0. The first-order chi connectivity index (χ1) is 10.0.